The molecule has 1 saturated heterocycles. The van der Waals surface area contributed by atoms with Crippen LogP contribution in [0.4, 0.5) is 0 Å². The van der Waals surface area contributed by atoms with Crippen molar-refractivity contribution in [2.24, 2.45) is 0 Å². The highest BCUT2D eigenvalue weighted by atomic mass is 32.2. The fraction of sp³-hybridized carbons (Fsp3) is 0.429. The molecule has 0 saturated carbocycles. The zero-order chi connectivity index (χ0) is 20.5. The predicted octanol–water partition coefficient (Wildman–Crippen LogP) is 2.73. The van der Waals surface area contributed by atoms with Crippen LogP contribution in [0.3, 0.4) is 0 Å². The minimum atomic E-state index is -3.69. The van der Waals surface area contributed by atoms with Crippen molar-refractivity contribution in [3.8, 4) is 11.5 Å². The van der Waals surface area contributed by atoms with Crippen molar-refractivity contribution in [3.63, 3.8) is 0 Å². The van der Waals surface area contributed by atoms with Crippen LogP contribution in [-0.2, 0) is 15.4 Å². The van der Waals surface area contributed by atoms with E-state index in [-0.39, 0.29) is 18.0 Å². The molecule has 1 aliphatic heterocycles. The van der Waals surface area contributed by atoms with Gasteiger partial charge in [0.05, 0.1) is 25.2 Å². The number of rotatable bonds is 6. The van der Waals surface area contributed by atoms with Crippen LogP contribution in [0.2, 0.25) is 0 Å². The van der Waals surface area contributed by atoms with Crippen molar-refractivity contribution in [3.05, 3.63) is 53.6 Å². The van der Waals surface area contributed by atoms with Gasteiger partial charge >= 0.3 is 0 Å². The number of nitrogens with zero attached hydrogens (tertiary/aromatic N) is 1. The van der Waals surface area contributed by atoms with Gasteiger partial charge in [-0.05, 0) is 43.2 Å². The predicted molar refractivity (Wildman–Crippen MR) is 107 cm³/mol. The highest BCUT2D eigenvalue weighted by Crippen LogP contribution is 2.42. The third-order valence-electron chi connectivity index (χ3n) is 5.72. The van der Waals surface area contributed by atoms with Crippen LogP contribution in [0.5, 0.6) is 11.5 Å². The first-order valence-electron chi connectivity index (χ1n) is 9.26. The van der Waals surface area contributed by atoms with Gasteiger partial charge in [0.25, 0.3) is 0 Å². The van der Waals surface area contributed by atoms with E-state index in [1.54, 1.807) is 44.6 Å². The molecule has 0 amide bonds. The number of β-amino-alcohol motifs (C(OH)–C–C–N with tert-alkyl or cyclic N) is 1. The molecule has 6 nitrogen and oxygen atoms in total. The maximum Gasteiger partial charge on any atom is 0.243 e. The number of ether oxygens (including phenoxy) is 2. The number of aryl methyl sites for hydroxylation is 1. The number of aliphatic hydroxyl groups excluding tert-OH is 1. The second kappa shape index (κ2) is 7.73. The Bertz CT molecular complexity index is 942. The van der Waals surface area contributed by atoms with Gasteiger partial charge in [-0.2, -0.15) is 4.31 Å². The summed E-state index contributed by atoms with van der Waals surface area (Å²) in [6.45, 7) is 4.13. The van der Waals surface area contributed by atoms with Crippen molar-refractivity contribution in [2.45, 2.75) is 36.7 Å². The lowest BCUT2D eigenvalue weighted by atomic mass is 9.75. The Morgan fingerprint density at radius 3 is 2.32 bits per heavy atom. The summed E-state index contributed by atoms with van der Waals surface area (Å²) in [5.41, 5.74) is 1.12. The SMILES string of the molecule is CC[C@]1(c2ccc(OC)c(OC)c2)CN(S(=O)(=O)c2ccc(C)cc2)C[C@H]1O. The van der Waals surface area contributed by atoms with Gasteiger partial charge < -0.3 is 14.6 Å². The molecular weight excluding hydrogens is 378 g/mol. The Morgan fingerprint density at radius 2 is 1.75 bits per heavy atom. The van der Waals surface area contributed by atoms with E-state index < -0.39 is 21.5 Å². The molecule has 0 radical (unpaired) electrons. The van der Waals surface area contributed by atoms with Gasteiger partial charge in [0.2, 0.25) is 10.0 Å². The average molecular weight is 406 g/mol. The van der Waals surface area contributed by atoms with Gasteiger partial charge in [0.1, 0.15) is 0 Å². The third kappa shape index (κ3) is 3.38. The molecule has 1 aliphatic rings. The van der Waals surface area contributed by atoms with Gasteiger partial charge in [-0.15, -0.1) is 0 Å². The largest absolute Gasteiger partial charge is 0.493 e. The number of aliphatic hydroxyl groups is 1. The molecule has 0 unspecified atom stereocenters. The van der Waals surface area contributed by atoms with Crippen molar-refractivity contribution >= 4 is 10.0 Å². The first-order chi connectivity index (χ1) is 13.3. The van der Waals surface area contributed by atoms with E-state index in [0.29, 0.717) is 17.9 Å². The lowest BCUT2D eigenvalue weighted by molar-refractivity contribution is 0.118. The average Bonchev–Trinajstić information content (AvgIpc) is 3.06. The molecule has 2 aromatic rings. The van der Waals surface area contributed by atoms with Crippen LogP contribution in [0, 0.1) is 6.92 Å². The Hall–Kier alpha value is -2.09. The molecule has 1 heterocycles. The Balaban J connectivity index is 1.99. The standard InChI is InChI=1S/C21H27NO5S/c1-5-21(16-8-11-18(26-3)19(12-16)27-4)14-22(13-20(21)23)28(24,25)17-9-6-15(2)7-10-17/h6-12,20,23H,5,13-14H2,1-4H3/t20-,21-/m1/s1. The third-order valence-corrected chi connectivity index (χ3v) is 7.55. The second-order valence-electron chi connectivity index (χ2n) is 7.21. The van der Waals surface area contributed by atoms with Gasteiger partial charge in [-0.3, -0.25) is 0 Å². The Morgan fingerprint density at radius 1 is 1.11 bits per heavy atom. The normalized spacial score (nSPS) is 23.0. The summed E-state index contributed by atoms with van der Waals surface area (Å²) in [7, 11) is -0.571. The molecule has 0 spiro atoms. The van der Waals surface area contributed by atoms with E-state index in [9.17, 15) is 13.5 Å². The minimum Gasteiger partial charge on any atom is -0.493 e. The fourth-order valence-electron chi connectivity index (χ4n) is 3.88. The molecule has 0 bridgehead atoms. The summed E-state index contributed by atoms with van der Waals surface area (Å²) in [5.74, 6) is 1.15. The van der Waals surface area contributed by atoms with Crippen LogP contribution in [0.1, 0.15) is 24.5 Å². The summed E-state index contributed by atoms with van der Waals surface area (Å²) in [5, 5.41) is 10.9. The number of methoxy groups -OCH3 is 2. The second-order valence-corrected chi connectivity index (χ2v) is 9.14. The van der Waals surface area contributed by atoms with E-state index in [4.69, 9.17) is 9.47 Å². The van der Waals surface area contributed by atoms with Crippen LogP contribution in [0.25, 0.3) is 0 Å². The molecule has 1 N–H and O–H groups in total. The summed E-state index contributed by atoms with van der Waals surface area (Å²) in [6.07, 6.45) is -0.236. The molecule has 0 aromatic heterocycles. The van der Waals surface area contributed by atoms with E-state index in [1.807, 2.05) is 26.0 Å². The molecule has 2 atom stereocenters. The van der Waals surface area contributed by atoms with E-state index >= 15 is 0 Å². The highest BCUT2D eigenvalue weighted by molar-refractivity contribution is 7.89. The summed E-state index contributed by atoms with van der Waals surface area (Å²) < 4.78 is 38.3. The number of hydrogen-bond acceptors (Lipinski definition) is 5. The topological polar surface area (TPSA) is 76.1 Å². The molecular formula is C21H27NO5S. The number of benzene rings is 2. The maximum absolute atomic E-state index is 13.1. The summed E-state index contributed by atoms with van der Waals surface area (Å²) >= 11 is 0. The Kier molecular flexibility index (Phi) is 5.70. The van der Waals surface area contributed by atoms with E-state index in [0.717, 1.165) is 11.1 Å². The first-order valence-corrected chi connectivity index (χ1v) is 10.7. The summed E-state index contributed by atoms with van der Waals surface area (Å²) in [4.78, 5) is 0.240. The zero-order valence-corrected chi connectivity index (χ0v) is 17.5. The molecule has 1 fully saturated rings. The lowest BCUT2D eigenvalue weighted by Gasteiger charge is -2.32. The zero-order valence-electron chi connectivity index (χ0n) is 16.7. The number of hydrogen-bond donors (Lipinski definition) is 1. The van der Waals surface area contributed by atoms with E-state index in [1.165, 1.54) is 4.31 Å². The van der Waals surface area contributed by atoms with Gasteiger partial charge in [0, 0.05) is 18.5 Å². The van der Waals surface area contributed by atoms with Crippen molar-refractivity contribution in [1.82, 2.24) is 4.31 Å². The molecule has 3 rings (SSSR count). The van der Waals surface area contributed by atoms with E-state index in [2.05, 4.69) is 0 Å². The smallest absolute Gasteiger partial charge is 0.243 e. The molecule has 152 valence electrons. The molecule has 2 aromatic carbocycles. The molecule has 7 heteroatoms. The highest BCUT2D eigenvalue weighted by Gasteiger charge is 2.49. The maximum atomic E-state index is 13.1. The minimum absolute atomic E-state index is 0.0540. The quantitative estimate of drug-likeness (QED) is 0.800. The van der Waals surface area contributed by atoms with Gasteiger partial charge in [-0.25, -0.2) is 8.42 Å². The Labute approximate surface area is 166 Å². The fourth-order valence-corrected chi connectivity index (χ4v) is 5.39. The first kappa shape index (κ1) is 20.6. The van der Waals surface area contributed by atoms with Gasteiger partial charge in [-0.1, -0.05) is 30.7 Å². The van der Waals surface area contributed by atoms with Crippen LogP contribution in [0.15, 0.2) is 47.4 Å². The van der Waals surface area contributed by atoms with Crippen LogP contribution in [-0.4, -0.2) is 51.2 Å². The van der Waals surface area contributed by atoms with Crippen molar-refractivity contribution in [1.29, 1.82) is 0 Å². The van der Waals surface area contributed by atoms with Crippen LogP contribution < -0.4 is 9.47 Å². The van der Waals surface area contributed by atoms with Crippen molar-refractivity contribution < 1.29 is 23.0 Å². The lowest BCUT2D eigenvalue weighted by Crippen LogP contribution is -2.38. The monoisotopic (exact) mass is 405 g/mol. The number of sulfonamides is 1. The molecule has 0 aliphatic carbocycles. The van der Waals surface area contributed by atoms with Crippen molar-refractivity contribution in [2.75, 3.05) is 27.3 Å². The van der Waals surface area contributed by atoms with Gasteiger partial charge in [0.15, 0.2) is 11.5 Å². The van der Waals surface area contributed by atoms with Crippen LogP contribution >= 0.6 is 0 Å². The molecule has 28 heavy (non-hydrogen) atoms. The summed E-state index contributed by atoms with van der Waals surface area (Å²) in [6, 6.07) is 12.3.